The molecule has 1 aliphatic carbocycles. The third kappa shape index (κ3) is 9.82. The summed E-state index contributed by atoms with van der Waals surface area (Å²) in [5, 5.41) is 5.72. The SMILES string of the molecule is CCN1CCC(Oc2ccc(NC(=O)Nc3ccc(-c4cn(C5CC5)c5ncnc(N(C(=O)OC(C)(C)C)C(=O)OC(C)(C)C)c45)c4c3OC(C)(C)C4)cc2C(F)(F)F)CC1. The number of carbonyl (C=O) groups is 3. The van der Waals surface area contributed by atoms with Crippen molar-refractivity contribution >= 4 is 46.4 Å². The molecule has 3 aliphatic rings. The standard InChI is InChI=1S/C44H54F3N7O7/c1-10-52-19-17-27(18-20-52)58-33-16-11-25(21-31(33)44(45,46)47)50-38(55)51-32-15-14-28(29-22-43(8,9)59-35(29)32)30-23-53(26-12-13-26)36-34(30)37(49-24-48-36)54(39(56)60-41(2,3)4)40(57)61-42(5,6)7/h11,14-16,21,23-24,26-27H,10,12-13,17-20,22H2,1-9H3,(H2,50,51,55). The molecule has 17 heteroatoms. The smallest absolute Gasteiger partial charge is 0.425 e. The maximum Gasteiger partial charge on any atom is 0.425 e. The Morgan fingerprint density at radius 1 is 0.902 bits per heavy atom. The average Bonchev–Trinajstić information content (AvgIpc) is 3.83. The van der Waals surface area contributed by atoms with E-state index in [1.54, 1.807) is 53.7 Å². The average molecular weight is 850 g/mol. The van der Waals surface area contributed by atoms with Crippen LogP contribution in [-0.2, 0) is 22.1 Å². The number of piperidine rings is 1. The molecule has 61 heavy (non-hydrogen) atoms. The maximum absolute atomic E-state index is 14.3. The molecule has 0 spiro atoms. The van der Waals surface area contributed by atoms with Gasteiger partial charge < -0.3 is 39.0 Å². The van der Waals surface area contributed by atoms with Crippen LogP contribution in [0.5, 0.6) is 11.5 Å². The Kier molecular flexibility index (Phi) is 11.4. The number of carbonyl (C=O) groups excluding carboxylic acids is 3. The summed E-state index contributed by atoms with van der Waals surface area (Å²) in [5.74, 6) is 0.0376. The van der Waals surface area contributed by atoms with Gasteiger partial charge >= 0.3 is 24.4 Å². The zero-order valence-corrected chi connectivity index (χ0v) is 36.1. The number of ether oxygens (including phenoxy) is 4. The van der Waals surface area contributed by atoms with E-state index < -0.39 is 46.8 Å². The van der Waals surface area contributed by atoms with Gasteiger partial charge in [-0.3, -0.25) is 0 Å². The summed E-state index contributed by atoms with van der Waals surface area (Å²) >= 11 is 0. The Hall–Kier alpha value is -5.58. The summed E-state index contributed by atoms with van der Waals surface area (Å²) < 4.78 is 68.7. The Labute approximate surface area is 353 Å². The monoisotopic (exact) mass is 849 g/mol. The van der Waals surface area contributed by atoms with E-state index in [-0.39, 0.29) is 35.1 Å². The van der Waals surface area contributed by atoms with E-state index in [0.29, 0.717) is 52.7 Å². The first kappa shape index (κ1) is 43.5. The van der Waals surface area contributed by atoms with Crippen molar-refractivity contribution in [3.63, 3.8) is 0 Å². The lowest BCUT2D eigenvalue weighted by Crippen LogP contribution is -2.44. The number of alkyl halides is 3. The fourth-order valence-electron chi connectivity index (χ4n) is 7.68. The zero-order chi connectivity index (χ0) is 44.2. The van der Waals surface area contributed by atoms with Crippen molar-refractivity contribution in [3.05, 3.63) is 54.0 Å². The largest absolute Gasteiger partial charge is 0.490 e. The predicted molar refractivity (Wildman–Crippen MR) is 224 cm³/mol. The first-order chi connectivity index (χ1) is 28.5. The lowest BCUT2D eigenvalue weighted by atomic mass is 9.93. The molecule has 7 rings (SSSR count). The van der Waals surface area contributed by atoms with Gasteiger partial charge in [0.2, 0.25) is 0 Å². The number of rotatable bonds is 8. The molecule has 0 unspecified atom stereocenters. The van der Waals surface area contributed by atoms with Crippen LogP contribution in [0.3, 0.4) is 0 Å². The second kappa shape index (κ2) is 16.0. The second-order valence-electron chi connectivity index (χ2n) is 18.4. The second-order valence-corrected chi connectivity index (χ2v) is 18.4. The number of urea groups is 1. The van der Waals surface area contributed by atoms with Crippen LogP contribution in [0.25, 0.3) is 22.2 Å². The van der Waals surface area contributed by atoms with E-state index in [1.165, 1.54) is 18.5 Å². The number of nitrogens with one attached hydrogen (secondary N) is 2. The van der Waals surface area contributed by atoms with E-state index in [0.717, 1.165) is 43.4 Å². The quantitative estimate of drug-likeness (QED) is 0.175. The molecule has 2 aliphatic heterocycles. The molecule has 4 amide bonds. The van der Waals surface area contributed by atoms with Crippen molar-refractivity contribution in [2.45, 2.75) is 130 Å². The number of halogens is 3. The van der Waals surface area contributed by atoms with E-state index in [2.05, 4.69) is 25.5 Å². The topological polar surface area (TPSA) is 149 Å². The molecule has 2 N–H and O–H groups in total. The molecule has 328 valence electrons. The molecule has 0 atom stereocenters. The van der Waals surface area contributed by atoms with Crippen LogP contribution < -0.4 is 25.0 Å². The Balaban J connectivity index is 1.23. The number of nitrogens with zero attached hydrogens (tertiary/aromatic N) is 5. The van der Waals surface area contributed by atoms with Crippen LogP contribution in [0.4, 0.5) is 44.7 Å². The highest BCUT2D eigenvalue weighted by atomic mass is 19.4. The van der Waals surface area contributed by atoms with Crippen molar-refractivity contribution < 1.29 is 46.5 Å². The van der Waals surface area contributed by atoms with Crippen LogP contribution in [0.2, 0.25) is 0 Å². The maximum atomic E-state index is 14.3. The minimum Gasteiger partial charge on any atom is -0.490 e. The van der Waals surface area contributed by atoms with Crippen LogP contribution in [0, 0.1) is 0 Å². The molecule has 14 nitrogen and oxygen atoms in total. The molecule has 4 aromatic rings. The number of hydrogen-bond acceptors (Lipinski definition) is 10. The fourth-order valence-corrected chi connectivity index (χ4v) is 7.68. The normalized spacial score (nSPS) is 17.0. The number of likely N-dealkylation sites (tertiary alicyclic amines) is 1. The Morgan fingerprint density at radius 2 is 1.56 bits per heavy atom. The van der Waals surface area contributed by atoms with E-state index in [1.807, 2.05) is 31.5 Å². The van der Waals surface area contributed by atoms with Crippen LogP contribution in [-0.4, -0.2) is 80.2 Å². The highest BCUT2D eigenvalue weighted by molar-refractivity contribution is 6.16. The van der Waals surface area contributed by atoms with Gasteiger partial charge in [0.15, 0.2) is 5.82 Å². The van der Waals surface area contributed by atoms with Gasteiger partial charge in [0.05, 0.1) is 16.6 Å². The molecule has 1 saturated heterocycles. The van der Waals surface area contributed by atoms with Gasteiger partial charge in [0, 0.05) is 48.6 Å². The van der Waals surface area contributed by atoms with Crippen LogP contribution in [0.15, 0.2) is 42.9 Å². The minimum atomic E-state index is -4.73. The molecular weight excluding hydrogens is 796 g/mol. The van der Waals surface area contributed by atoms with Gasteiger partial charge in [0.1, 0.15) is 46.4 Å². The first-order valence-corrected chi connectivity index (χ1v) is 20.7. The molecule has 2 aromatic heterocycles. The first-order valence-electron chi connectivity index (χ1n) is 20.7. The Bertz CT molecular complexity index is 2310. The van der Waals surface area contributed by atoms with Crippen molar-refractivity contribution in [2.24, 2.45) is 0 Å². The van der Waals surface area contributed by atoms with E-state index in [9.17, 15) is 27.6 Å². The summed E-state index contributed by atoms with van der Waals surface area (Å²) in [6, 6.07) is 6.25. The van der Waals surface area contributed by atoms with Crippen molar-refractivity contribution in [2.75, 3.05) is 35.2 Å². The third-order valence-corrected chi connectivity index (χ3v) is 10.5. The Morgan fingerprint density at radius 3 is 2.15 bits per heavy atom. The number of imide groups is 1. The fraction of sp³-hybridized carbons (Fsp3) is 0.523. The van der Waals surface area contributed by atoms with Gasteiger partial charge in [-0.1, -0.05) is 13.0 Å². The minimum absolute atomic E-state index is 0.0343. The van der Waals surface area contributed by atoms with E-state index >= 15 is 0 Å². The van der Waals surface area contributed by atoms with Gasteiger partial charge in [-0.05, 0) is 117 Å². The summed E-state index contributed by atoms with van der Waals surface area (Å²) in [5.41, 5.74) is -0.968. The lowest BCUT2D eigenvalue weighted by Gasteiger charge is -2.31. The third-order valence-electron chi connectivity index (χ3n) is 10.5. The summed E-state index contributed by atoms with van der Waals surface area (Å²) in [7, 11) is 0. The highest BCUT2D eigenvalue weighted by Gasteiger charge is 2.40. The summed E-state index contributed by atoms with van der Waals surface area (Å²) in [4.78, 5) is 53.4. The van der Waals surface area contributed by atoms with Crippen molar-refractivity contribution in [3.8, 4) is 22.6 Å². The lowest BCUT2D eigenvalue weighted by molar-refractivity contribution is -0.139. The van der Waals surface area contributed by atoms with Gasteiger partial charge in [-0.2, -0.15) is 18.1 Å². The highest BCUT2D eigenvalue weighted by Crippen LogP contribution is 2.50. The number of fused-ring (bicyclic) bond motifs is 2. The molecule has 0 bridgehead atoms. The number of anilines is 3. The van der Waals surface area contributed by atoms with Gasteiger partial charge in [-0.25, -0.2) is 24.4 Å². The van der Waals surface area contributed by atoms with Gasteiger partial charge in [0.25, 0.3) is 0 Å². The van der Waals surface area contributed by atoms with Crippen LogP contribution >= 0.6 is 0 Å². The molecule has 0 radical (unpaired) electrons. The number of benzene rings is 2. The molecule has 2 aromatic carbocycles. The number of aromatic nitrogens is 3. The van der Waals surface area contributed by atoms with Crippen LogP contribution in [0.1, 0.15) is 105 Å². The molecule has 4 heterocycles. The predicted octanol–water partition coefficient (Wildman–Crippen LogP) is 10.3. The summed E-state index contributed by atoms with van der Waals surface area (Å²) in [6.07, 6.45) is -0.412. The summed E-state index contributed by atoms with van der Waals surface area (Å²) in [6.45, 7) is 18.3. The number of amides is 4. The van der Waals surface area contributed by atoms with Crippen molar-refractivity contribution in [1.82, 2.24) is 19.4 Å². The molecule has 2 fully saturated rings. The zero-order valence-electron chi connectivity index (χ0n) is 36.1. The molecule has 1 saturated carbocycles. The number of hydrogen-bond donors (Lipinski definition) is 2. The molecular formula is C44H54F3N7O7. The van der Waals surface area contributed by atoms with Gasteiger partial charge in [-0.15, -0.1) is 0 Å². The van der Waals surface area contributed by atoms with Crippen molar-refractivity contribution in [1.29, 1.82) is 0 Å². The van der Waals surface area contributed by atoms with E-state index in [4.69, 9.17) is 18.9 Å².